The number of oxazole rings is 1. The Morgan fingerprint density at radius 1 is 1.16 bits per heavy atom. The molecule has 3 N–H and O–H groups in total. The van der Waals surface area contributed by atoms with Crippen LogP contribution in [0.15, 0.2) is 53.3 Å². The summed E-state index contributed by atoms with van der Waals surface area (Å²) in [6.45, 7) is 1.95. The van der Waals surface area contributed by atoms with Crippen molar-refractivity contribution in [3.05, 3.63) is 71.5 Å². The average molecular weight is 339 g/mol. The highest BCUT2D eigenvalue weighted by molar-refractivity contribution is 6.07. The molecule has 3 rings (SSSR count). The maximum Gasteiger partial charge on any atom is 0.278 e. The van der Waals surface area contributed by atoms with Crippen LogP contribution >= 0.6 is 0 Å². The number of nitrogens with two attached hydrogens (primary N) is 1. The summed E-state index contributed by atoms with van der Waals surface area (Å²) in [6, 6.07) is 11.0. The second kappa shape index (κ2) is 6.56. The molecule has 0 aliphatic heterocycles. The van der Waals surface area contributed by atoms with Crippen molar-refractivity contribution in [1.82, 2.24) is 4.98 Å². The maximum absolute atomic E-state index is 13.5. The Bertz CT molecular complexity index is 948. The lowest BCUT2D eigenvalue weighted by atomic mass is 10.1. The maximum atomic E-state index is 13.5. The van der Waals surface area contributed by atoms with E-state index in [0.717, 1.165) is 11.6 Å². The van der Waals surface area contributed by atoms with Crippen LogP contribution in [0.4, 0.5) is 10.1 Å². The van der Waals surface area contributed by atoms with Gasteiger partial charge >= 0.3 is 0 Å². The molecule has 2 amide bonds. The first kappa shape index (κ1) is 16.4. The number of hydrogen-bond donors (Lipinski definition) is 2. The summed E-state index contributed by atoms with van der Waals surface area (Å²) in [5.41, 5.74) is 6.86. The van der Waals surface area contributed by atoms with Gasteiger partial charge in [0, 0.05) is 11.3 Å². The molecule has 0 saturated heterocycles. The molecule has 0 aliphatic carbocycles. The van der Waals surface area contributed by atoms with Gasteiger partial charge in [-0.2, -0.15) is 0 Å². The van der Waals surface area contributed by atoms with Crippen LogP contribution in [-0.4, -0.2) is 16.8 Å². The van der Waals surface area contributed by atoms with E-state index in [1.54, 1.807) is 0 Å². The van der Waals surface area contributed by atoms with Crippen molar-refractivity contribution in [3.63, 3.8) is 0 Å². The largest absolute Gasteiger partial charge is 0.443 e. The molecule has 0 fully saturated rings. The van der Waals surface area contributed by atoms with E-state index >= 15 is 0 Å². The number of rotatable bonds is 4. The predicted molar refractivity (Wildman–Crippen MR) is 89.5 cm³/mol. The Morgan fingerprint density at radius 3 is 2.56 bits per heavy atom. The number of aryl methyl sites for hydroxylation is 1. The number of nitrogens with one attached hydrogen (secondary N) is 1. The fraction of sp³-hybridized carbons (Fsp3) is 0.0556. The first-order chi connectivity index (χ1) is 12.0. The standard InChI is InChI=1S/C18H14FN3O3/c1-10-2-4-11(5-3-10)16-15(21-9-25-16)18(24)22-12-6-7-14(19)13(8-12)17(20)23/h2-9H,1H3,(H2,20,23)(H,22,24). The molecule has 0 radical (unpaired) electrons. The normalized spacial score (nSPS) is 10.5. The Hall–Kier alpha value is -3.48. The lowest BCUT2D eigenvalue weighted by molar-refractivity contribution is 0.0992. The molecule has 0 atom stereocenters. The SMILES string of the molecule is Cc1ccc(-c2ocnc2C(=O)Nc2ccc(F)c(C(N)=O)c2)cc1. The number of carbonyl (C=O) groups excluding carboxylic acids is 2. The van der Waals surface area contributed by atoms with Crippen LogP contribution in [-0.2, 0) is 0 Å². The highest BCUT2D eigenvalue weighted by Gasteiger charge is 2.19. The molecule has 3 aromatic rings. The van der Waals surface area contributed by atoms with Gasteiger partial charge in [-0.25, -0.2) is 9.37 Å². The lowest BCUT2D eigenvalue weighted by Crippen LogP contribution is -2.16. The molecule has 0 aliphatic rings. The molecule has 126 valence electrons. The number of primary amides is 1. The minimum absolute atomic E-state index is 0.0776. The van der Waals surface area contributed by atoms with Crippen molar-refractivity contribution in [2.45, 2.75) is 6.92 Å². The van der Waals surface area contributed by atoms with E-state index in [1.165, 1.54) is 18.5 Å². The minimum atomic E-state index is -0.921. The summed E-state index contributed by atoms with van der Waals surface area (Å²) in [4.78, 5) is 27.6. The van der Waals surface area contributed by atoms with Gasteiger partial charge in [0.2, 0.25) is 0 Å². The zero-order valence-electron chi connectivity index (χ0n) is 13.2. The van der Waals surface area contributed by atoms with Crippen LogP contribution in [0.1, 0.15) is 26.4 Å². The van der Waals surface area contributed by atoms with Crippen LogP contribution in [0.25, 0.3) is 11.3 Å². The summed E-state index contributed by atoms with van der Waals surface area (Å²) >= 11 is 0. The Balaban J connectivity index is 1.88. The zero-order chi connectivity index (χ0) is 18.0. The van der Waals surface area contributed by atoms with E-state index in [4.69, 9.17) is 10.2 Å². The lowest BCUT2D eigenvalue weighted by Gasteiger charge is -2.07. The third kappa shape index (κ3) is 3.40. The van der Waals surface area contributed by atoms with Crippen LogP contribution < -0.4 is 11.1 Å². The van der Waals surface area contributed by atoms with Crippen molar-refractivity contribution < 1.29 is 18.4 Å². The number of nitrogens with zero attached hydrogens (tertiary/aromatic N) is 1. The smallest absolute Gasteiger partial charge is 0.278 e. The molecule has 7 heteroatoms. The van der Waals surface area contributed by atoms with Gasteiger partial charge in [0.25, 0.3) is 11.8 Å². The fourth-order valence-electron chi connectivity index (χ4n) is 2.30. The van der Waals surface area contributed by atoms with Gasteiger partial charge in [0.05, 0.1) is 5.56 Å². The summed E-state index contributed by atoms with van der Waals surface area (Å²) in [6.07, 6.45) is 1.17. The van der Waals surface area contributed by atoms with Crippen LogP contribution in [0.5, 0.6) is 0 Å². The summed E-state index contributed by atoms with van der Waals surface area (Å²) in [7, 11) is 0. The molecular formula is C18H14FN3O3. The monoisotopic (exact) mass is 339 g/mol. The van der Waals surface area contributed by atoms with Gasteiger partial charge in [0.1, 0.15) is 5.82 Å². The van der Waals surface area contributed by atoms with E-state index in [9.17, 15) is 14.0 Å². The van der Waals surface area contributed by atoms with Crippen molar-refractivity contribution >= 4 is 17.5 Å². The molecule has 0 unspecified atom stereocenters. The Kier molecular flexibility index (Phi) is 4.30. The number of hydrogen-bond acceptors (Lipinski definition) is 4. The molecule has 1 aromatic heterocycles. The minimum Gasteiger partial charge on any atom is -0.443 e. The molecule has 0 bridgehead atoms. The van der Waals surface area contributed by atoms with Gasteiger partial charge in [0.15, 0.2) is 17.8 Å². The first-order valence-electron chi connectivity index (χ1n) is 7.37. The van der Waals surface area contributed by atoms with Gasteiger partial charge in [-0.1, -0.05) is 29.8 Å². The average Bonchev–Trinajstić information content (AvgIpc) is 3.07. The van der Waals surface area contributed by atoms with E-state index < -0.39 is 17.6 Å². The van der Waals surface area contributed by atoms with Crippen LogP contribution in [0.2, 0.25) is 0 Å². The molecule has 2 aromatic carbocycles. The van der Waals surface area contributed by atoms with Gasteiger partial charge < -0.3 is 15.5 Å². The first-order valence-corrected chi connectivity index (χ1v) is 7.37. The highest BCUT2D eigenvalue weighted by atomic mass is 19.1. The number of aromatic nitrogens is 1. The Morgan fingerprint density at radius 2 is 1.88 bits per heavy atom. The zero-order valence-corrected chi connectivity index (χ0v) is 13.2. The fourth-order valence-corrected chi connectivity index (χ4v) is 2.30. The van der Waals surface area contributed by atoms with Crippen molar-refractivity contribution in [1.29, 1.82) is 0 Å². The number of amides is 2. The highest BCUT2D eigenvalue weighted by Crippen LogP contribution is 2.24. The molecule has 6 nitrogen and oxygen atoms in total. The molecule has 1 heterocycles. The summed E-state index contributed by atoms with van der Waals surface area (Å²) < 4.78 is 18.8. The van der Waals surface area contributed by atoms with Crippen molar-refractivity contribution in [2.75, 3.05) is 5.32 Å². The van der Waals surface area contributed by atoms with Gasteiger partial charge in [-0.05, 0) is 25.1 Å². The van der Waals surface area contributed by atoms with E-state index in [-0.39, 0.29) is 16.9 Å². The van der Waals surface area contributed by atoms with Crippen LogP contribution in [0.3, 0.4) is 0 Å². The second-order valence-electron chi connectivity index (χ2n) is 5.41. The Labute approximate surface area is 142 Å². The van der Waals surface area contributed by atoms with Crippen molar-refractivity contribution in [3.8, 4) is 11.3 Å². The summed E-state index contributed by atoms with van der Waals surface area (Å²) in [5.74, 6) is -1.91. The second-order valence-corrected chi connectivity index (χ2v) is 5.41. The third-order valence-corrected chi connectivity index (χ3v) is 3.59. The topological polar surface area (TPSA) is 98.2 Å². The molecule has 25 heavy (non-hydrogen) atoms. The summed E-state index contributed by atoms with van der Waals surface area (Å²) in [5, 5.41) is 2.55. The van der Waals surface area contributed by atoms with E-state index in [0.29, 0.717) is 11.3 Å². The van der Waals surface area contributed by atoms with Gasteiger partial charge in [-0.3, -0.25) is 9.59 Å². The third-order valence-electron chi connectivity index (χ3n) is 3.59. The number of halogens is 1. The van der Waals surface area contributed by atoms with E-state index in [2.05, 4.69) is 10.3 Å². The number of anilines is 1. The molecule has 0 spiro atoms. The van der Waals surface area contributed by atoms with Gasteiger partial charge in [-0.15, -0.1) is 0 Å². The van der Waals surface area contributed by atoms with Crippen molar-refractivity contribution in [2.24, 2.45) is 5.73 Å². The quantitative estimate of drug-likeness (QED) is 0.763. The van der Waals surface area contributed by atoms with Crippen LogP contribution in [0, 0.1) is 12.7 Å². The number of carbonyl (C=O) groups is 2. The molecule has 0 saturated carbocycles. The number of benzene rings is 2. The van der Waals surface area contributed by atoms with E-state index in [1.807, 2.05) is 31.2 Å². The molecular weight excluding hydrogens is 325 g/mol. The predicted octanol–water partition coefficient (Wildman–Crippen LogP) is 3.14.